The first-order valence-electron chi connectivity index (χ1n) is 8.55. The number of halogens is 2. The number of benzene rings is 2. The summed E-state index contributed by atoms with van der Waals surface area (Å²) in [5.74, 6) is -1.81. The van der Waals surface area contributed by atoms with Gasteiger partial charge in [0.05, 0.1) is 17.3 Å². The number of hydrogen-bond donors (Lipinski definition) is 2. The minimum atomic E-state index is -0.879. The van der Waals surface area contributed by atoms with Crippen molar-refractivity contribution in [2.24, 2.45) is 0 Å². The Bertz CT molecular complexity index is 1070. The van der Waals surface area contributed by atoms with Crippen LogP contribution >= 0.6 is 23.2 Å². The fraction of sp³-hybridized carbons (Fsp3) is 0.150. The van der Waals surface area contributed by atoms with Crippen LogP contribution in [0.4, 0.5) is 10.5 Å². The van der Waals surface area contributed by atoms with Crippen LogP contribution in [0.15, 0.2) is 35.9 Å². The number of rotatable bonds is 4. The van der Waals surface area contributed by atoms with E-state index in [9.17, 15) is 19.5 Å². The van der Waals surface area contributed by atoms with Crippen molar-refractivity contribution in [3.8, 4) is 11.5 Å². The third kappa shape index (κ3) is 4.06. The SMILES string of the molecule is CCOc1cc(/C=C2\C(=O)NC(=O)N(c3ccc(C)c(Cl)c3)C2=O)cc(Cl)c1O. The molecular formula is C20H16Cl2N2O5. The van der Waals surface area contributed by atoms with Gasteiger partial charge in [-0.25, -0.2) is 9.69 Å². The number of nitrogens with zero attached hydrogens (tertiary/aromatic N) is 1. The maximum absolute atomic E-state index is 12.9. The molecule has 0 aromatic heterocycles. The standard InChI is InChI=1S/C20H16Cl2N2O5/c1-3-29-16-8-11(7-15(22)17(16)25)6-13-18(26)23-20(28)24(19(13)27)12-5-4-10(2)14(21)9-12/h4-9,25H,3H2,1-2H3,(H,23,26,28)/b13-6+. The quantitative estimate of drug-likeness (QED) is 0.558. The maximum atomic E-state index is 12.9. The summed E-state index contributed by atoms with van der Waals surface area (Å²) in [6.45, 7) is 3.79. The summed E-state index contributed by atoms with van der Waals surface area (Å²) < 4.78 is 5.30. The zero-order chi connectivity index (χ0) is 21.3. The first kappa shape index (κ1) is 20.7. The van der Waals surface area contributed by atoms with Crippen LogP contribution in [0.5, 0.6) is 11.5 Å². The highest BCUT2D eigenvalue weighted by Gasteiger charge is 2.37. The lowest BCUT2D eigenvalue weighted by atomic mass is 10.1. The molecule has 3 rings (SSSR count). The fourth-order valence-electron chi connectivity index (χ4n) is 2.72. The van der Waals surface area contributed by atoms with E-state index in [-0.39, 0.29) is 34.4 Å². The smallest absolute Gasteiger partial charge is 0.335 e. The molecule has 150 valence electrons. The second-order valence-corrected chi connectivity index (χ2v) is 6.99. The highest BCUT2D eigenvalue weighted by atomic mass is 35.5. The molecule has 2 aromatic rings. The number of phenolic OH excluding ortho intramolecular Hbond substituents is 1. The normalized spacial score (nSPS) is 15.7. The molecule has 0 atom stereocenters. The molecule has 0 saturated carbocycles. The van der Waals surface area contributed by atoms with Gasteiger partial charge in [-0.05, 0) is 55.3 Å². The van der Waals surface area contributed by atoms with Gasteiger partial charge >= 0.3 is 6.03 Å². The van der Waals surface area contributed by atoms with Crippen LogP contribution < -0.4 is 15.0 Å². The third-order valence-corrected chi connectivity index (χ3v) is 4.87. The van der Waals surface area contributed by atoms with Gasteiger partial charge in [-0.3, -0.25) is 14.9 Å². The van der Waals surface area contributed by atoms with Crippen LogP contribution in [0.25, 0.3) is 6.08 Å². The number of urea groups is 1. The van der Waals surface area contributed by atoms with Crippen LogP contribution in [0.3, 0.4) is 0 Å². The van der Waals surface area contributed by atoms with Gasteiger partial charge in [-0.1, -0.05) is 29.3 Å². The number of hydrogen-bond acceptors (Lipinski definition) is 5. The van der Waals surface area contributed by atoms with E-state index >= 15 is 0 Å². The van der Waals surface area contributed by atoms with E-state index in [4.69, 9.17) is 27.9 Å². The zero-order valence-corrected chi connectivity index (χ0v) is 17.0. The molecule has 7 nitrogen and oxygen atoms in total. The van der Waals surface area contributed by atoms with Crippen molar-refractivity contribution in [1.29, 1.82) is 0 Å². The van der Waals surface area contributed by atoms with Gasteiger partial charge in [0.15, 0.2) is 11.5 Å². The number of aromatic hydroxyl groups is 1. The Hall–Kier alpha value is -3.03. The minimum Gasteiger partial charge on any atom is -0.503 e. The lowest BCUT2D eigenvalue weighted by molar-refractivity contribution is -0.122. The topological polar surface area (TPSA) is 95.9 Å². The summed E-state index contributed by atoms with van der Waals surface area (Å²) in [6, 6.07) is 6.60. The number of anilines is 1. The van der Waals surface area contributed by atoms with E-state index in [0.717, 1.165) is 10.5 Å². The second kappa shape index (κ2) is 8.14. The summed E-state index contributed by atoms with van der Waals surface area (Å²) in [4.78, 5) is 38.3. The number of amides is 4. The second-order valence-electron chi connectivity index (χ2n) is 6.17. The average Bonchev–Trinajstić information content (AvgIpc) is 2.65. The van der Waals surface area contributed by atoms with E-state index in [1.54, 1.807) is 26.0 Å². The Labute approximate surface area is 176 Å². The molecule has 4 amide bonds. The number of imide groups is 2. The largest absolute Gasteiger partial charge is 0.503 e. The zero-order valence-electron chi connectivity index (χ0n) is 15.5. The lowest BCUT2D eigenvalue weighted by Crippen LogP contribution is -2.54. The van der Waals surface area contributed by atoms with Crippen LogP contribution in [0.2, 0.25) is 10.0 Å². The van der Waals surface area contributed by atoms with Gasteiger partial charge in [0.1, 0.15) is 5.57 Å². The Morgan fingerprint density at radius 1 is 1.14 bits per heavy atom. The van der Waals surface area contributed by atoms with Gasteiger partial charge < -0.3 is 9.84 Å². The molecule has 0 spiro atoms. The van der Waals surface area contributed by atoms with Crippen LogP contribution in [-0.4, -0.2) is 29.6 Å². The lowest BCUT2D eigenvalue weighted by Gasteiger charge is -2.26. The molecule has 0 bridgehead atoms. The Morgan fingerprint density at radius 2 is 1.86 bits per heavy atom. The van der Waals surface area contributed by atoms with Crippen LogP contribution in [0, 0.1) is 6.92 Å². The first-order valence-corrected chi connectivity index (χ1v) is 9.31. The fourth-order valence-corrected chi connectivity index (χ4v) is 3.12. The van der Waals surface area contributed by atoms with E-state index in [2.05, 4.69) is 5.32 Å². The van der Waals surface area contributed by atoms with E-state index < -0.39 is 17.8 Å². The molecule has 2 N–H and O–H groups in total. The number of phenols is 1. The maximum Gasteiger partial charge on any atom is 0.335 e. The van der Waals surface area contributed by atoms with Crippen molar-refractivity contribution in [3.05, 3.63) is 57.1 Å². The van der Waals surface area contributed by atoms with E-state index in [0.29, 0.717) is 10.6 Å². The Morgan fingerprint density at radius 3 is 2.52 bits per heavy atom. The summed E-state index contributed by atoms with van der Waals surface area (Å²) in [5.41, 5.74) is 1.05. The molecule has 1 heterocycles. The summed E-state index contributed by atoms with van der Waals surface area (Å²) in [6.07, 6.45) is 1.26. The predicted octanol–water partition coefficient (Wildman–Crippen LogP) is 4.07. The van der Waals surface area contributed by atoms with Crippen molar-refractivity contribution in [2.45, 2.75) is 13.8 Å². The average molecular weight is 435 g/mol. The van der Waals surface area contributed by atoms with Gasteiger partial charge in [-0.2, -0.15) is 0 Å². The van der Waals surface area contributed by atoms with Gasteiger partial charge in [0, 0.05) is 5.02 Å². The van der Waals surface area contributed by atoms with Gasteiger partial charge in [0.2, 0.25) is 0 Å². The monoisotopic (exact) mass is 434 g/mol. The van der Waals surface area contributed by atoms with E-state index in [1.165, 1.54) is 24.3 Å². The molecule has 29 heavy (non-hydrogen) atoms. The molecule has 9 heteroatoms. The third-order valence-electron chi connectivity index (χ3n) is 4.18. The highest BCUT2D eigenvalue weighted by molar-refractivity contribution is 6.39. The van der Waals surface area contributed by atoms with E-state index in [1.807, 2.05) is 0 Å². The summed E-state index contributed by atoms with van der Waals surface area (Å²) >= 11 is 12.1. The van der Waals surface area contributed by atoms with Crippen molar-refractivity contribution in [1.82, 2.24) is 5.32 Å². The van der Waals surface area contributed by atoms with Crippen molar-refractivity contribution in [3.63, 3.8) is 0 Å². The molecular weight excluding hydrogens is 419 g/mol. The number of barbiturate groups is 1. The number of ether oxygens (including phenoxy) is 1. The molecule has 0 aliphatic carbocycles. The molecule has 1 aliphatic rings. The summed E-state index contributed by atoms with van der Waals surface area (Å²) in [7, 11) is 0. The molecule has 1 aliphatic heterocycles. The molecule has 0 radical (unpaired) electrons. The van der Waals surface area contributed by atoms with Crippen LogP contribution in [-0.2, 0) is 9.59 Å². The van der Waals surface area contributed by atoms with Crippen LogP contribution in [0.1, 0.15) is 18.1 Å². The predicted molar refractivity (Wildman–Crippen MR) is 109 cm³/mol. The van der Waals surface area contributed by atoms with Crippen molar-refractivity contribution >= 4 is 52.8 Å². The number of carbonyl (C=O) groups is 3. The number of nitrogens with one attached hydrogen (secondary N) is 1. The Balaban J connectivity index is 2.05. The first-order chi connectivity index (χ1) is 13.7. The molecule has 2 aromatic carbocycles. The van der Waals surface area contributed by atoms with Gasteiger partial charge in [0.25, 0.3) is 11.8 Å². The highest BCUT2D eigenvalue weighted by Crippen LogP contribution is 2.36. The number of carbonyl (C=O) groups excluding carboxylic acids is 3. The number of aryl methyl sites for hydroxylation is 1. The molecule has 1 fully saturated rings. The Kier molecular flexibility index (Phi) is 5.81. The summed E-state index contributed by atoms with van der Waals surface area (Å²) in [5, 5.41) is 12.4. The van der Waals surface area contributed by atoms with Crippen molar-refractivity contribution < 1.29 is 24.2 Å². The van der Waals surface area contributed by atoms with Crippen molar-refractivity contribution in [2.75, 3.05) is 11.5 Å². The molecule has 0 unspecified atom stereocenters. The molecule has 1 saturated heterocycles. The van der Waals surface area contributed by atoms with Gasteiger partial charge in [-0.15, -0.1) is 0 Å². The minimum absolute atomic E-state index is 0.00952.